The van der Waals surface area contributed by atoms with Gasteiger partial charge in [-0.1, -0.05) is 0 Å². The van der Waals surface area contributed by atoms with Crippen LogP contribution < -0.4 is 11.5 Å². The molecule has 1 aromatic carbocycles. The smallest absolute Gasteiger partial charge is 0.144 e. The number of rotatable bonds is 0. The molecule has 1 aliphatic carbocycles. The third-order valence-corrected chi connectivity index (χ3v) is 1.96. The molecule has 0 spiro atoms. The molecule has 2 rings (SSSR count). The van der Waals surface area contributed by atoms with Crippen molar-refractivity contribution in [2.24, 2.45) is 0 Å². The molecule has 6 N–H and O–H groups in total. The average Bonchev–Trinajstić information content (AvgIpc) is 2.76. The van der Waals surface area contributed by atoms with E-state index in [9.17, 15) is 10.2 Å². The molecule has 0 saturated heterocycles. The monoisotopic (exact) mass is 224 g/mol. The molecule has 0 radical (unpaired) electrons. The first kappa shape index (κ1) is 12.0. The Bertz CT molecular complexity index is 322. The van der Waals surface area contributed by atoms with E-state index in [1.165, 1.54) is 0 Å². The number of hydrogen-bond acceptors (Lipinski definition) is 4. The Morgan fingerprint density at radius 3 is 1.46 bits per heavy atom. The van der Waals surface area contributed by atoms with Gasteiger partial charge in [0, 0.05) is 17.5 Å². The molecule has 0 fully saturated rings. The van der Waals surface area contributed by atoms with Gasteiger partial charge < -0.3 is 21.7 Å². The van der Waals surface area contributed by atoms with Gasteiger partial charge in [0.05, 0.1) is 0 Å². The van der Waals surface area contributed by atoms with Crippen LogP contribution in [0.4, 0.5) is 11.4 Å². The standard InChI is InChI=1S/C7H8N2O2.2ClH/c8-4-5(9)7(11)3-1-2(3)6(4)10;;/h10-11H,1,8-9H2;2*1H. The van der Waals surface area contributed by atoms with Gasteiger partial charge in [-0.2, -0.15) is 0 Å². The summed E-state index contributed by atoms with van der Waals surface area (Å²) < 4.78 is 0. The molecule has 0 bridgehead atoms. The number of fused-ring (bicyclic) bond motifs is 1. The van der Waals surface area contributed by atoms with Crippen molar-refractivity contribution in [3.8, 4) is 11.5 Å². The molecule has 0 aliphatic heterocycles. The molecule has 6 heteroatoms. The van der Waals surface area contributed by atoms with E-state index in [0.29, 0.717) is 17.5 Å². The van der Waals surface area contributed by atoms with Gasteiger partial charge in [0.25, 0.3) is 0 Å². The average molecular weight is 225 g/mol. The molecule has 1 aromatic rings. The van der Waals surface area contributed by atoms with Gasteiger partial charge in [0.2, 0.25) is 0 Å². The van der Waals surface area contributed by atoms with Crippen LogP contribution in [0.15, 0.2) is 0 Å². The lowest BCUT2D eigenvalue weighted by molar-refractivity contribution is 0.467. The number of aromatic hydroxyl groups is 2. The van der Waals surface area contributed by atoms with Gasteiger partial charge in [-0.05, 0) is 0 Å². The van der Waals surface area contributed by atoms with Gasteiger partial charge >= 0.3 is 0 Å². The molecule has 13 heavy (non-hydrogen) atoms. The summed E-state index contributed by atoms with van der Waals surface area (Å²) in [5.74, 6) is 0.0469. The van der Waals surface area contributed by atoms with Crippen LogP contribution in [0, 0.1) is 0 Å². The highest BCUT2D eigenvalue weighted by molar-refractivity contribution is 5.86. The number of nitrogen functional groups attached to an aromatic ring is 2. The minimum atomic E-state index is 0. The van der Waals surface area contributed by atoms with Crippen molar-refractivity contribution in [2.75, 3.05) is 11.5 Å². The van der Waals surface area contributed by atoms with Crippen molar-refractivity contribution < 1.29 is 10.2 Å². The fraction of sp³-hybridized carbons (Fsp3) is 0.143. The van der Waals surface area contributed by atoms with Crippen LogP contribution in [-0.2, 0) is 6.42 Å². The van der Waals surface area contributed by atoms with Gasteiger partial charge in [0.15, 0.2) is 0 Å². The molecule has 0 amide bonds. The van der Waals surface area contributed by atoms with Crippen LogP contribution in [-0.4, -0.2) is 10.2 Å². The number of phenols is 2. The maximum absolute atomic E-state index is 9.25. The normalized spacial score (nSPS) is 10.8. The SMILES string of the molecule is Cl.Cl.Nc1c(N)c(O)c2c(c1O)C2. The van der Waals surface area contributed by atoms with E-state index in [1.54, 1.807) is 0 Å². The predicted octanol–water partition coefficient (Wildman–Crippen LogP) is 1.01. The summed E-state index contributed by atoms with van der Waals surface area (Å²) in [6, 6.07) is 0. The number of hydrogen-bond donors (Lipinski definition) is 4. The summed E-state index contributed by atoms with van der Waals surface area (Å²) in [7, 11) is 0. The summed E-state index contributed by atoms with van der Waals surface area (Å²) in [6.07, 6.45) is 0.596. The van der Waals surface area contributed by atoms with E-state index in [1.807, 2.05) is 0 Å². The molecule has 1 aliphatic rings. The number of benzene rings is 1. The Morgan fingerprint density at radius 1 is 0.846 bits per heavy atom. The summed E-state index contributed by atoms with van der Waals surface area (Å²) >= 11 is 0. The Kier molecular flexibility index (Phi) is 3.13. The van der Waals surface area contributed by atoms with E-state index in [4.69, 9.17) is 11.5 Å². The first-order valence-corrected chi connectivity index (χ1v) is 3.23. The fourth-order valence-corrected chi connectivity index (χ4v) is 1.17. The Labute approximate surface area is 87.4 Å². The quantitative estimate of drug-likeness (QED) is 0.306. The second-order valence-corrected chi connectivity index (χ2v) is 2.66. The first-order chi connectivity index (χ1) is 5.13. The van der Waals surface area contributed by atoms with E-state index < -0.39 is 0 Å². The molecule has 0 aromatic heterocycles. The molecule has 4 nitrogen and oxygen atoms in total. The molecular formula is C7H10Cl2N2O2. The van der Waals surface area contributed by atoms with Crippen molar-refractivity contribution in [2.45, 2.75) is 6.42 Å². The zero-order valence-electron chi connectivity index (χ0n) is 6.57. The van der Waals surface area contributed by atoms with Crippen molar-refractivity contribution in [3.63, 3.8) is 0 Å². The maximum Gasteiger partial charge on any atom is 0.144 e. The third kappa shape index (κ3) is 1.43. The van der Waals surface area contributed by atoms with Gasteiger partial charge in [-0.25, -0.2) is 0 Å². The summed E-state index contributed by atoms with van der Waals surface area (Å²) in [5, 5.41) is 18.5. The second-order valence-electron chi connectivity index (χ2n) is 2.66. The zero-order chi connectivity index (χ0) is 8.17. The highest BCUT2D eigenvalue weighted by atomic mass is 35.5. The van der Waals surface area contributed by atoms with E-state index >= 15 is 0 Å². The van der Waals surface area contributed by atoms with Crippen LogP contribution in [0.2, 0.25) is 0 Å². The third-order valence-electron chi connectivity index (χ3n) is 1.96. The van der Waals surface area contributed by atoms with E-state index in [2.05, 4.69) is 0 Å². The Morgan fingerprint density at radius 2 is 1.15 bits per heavy atom. The summed E-state index contributed by atoms with van der Waals surface area (Å²) in [4.78, 5) is 0. The molecular weight excluding hydrogens is 215 g/mol. The largest absolute Gasteiger partial charge is 0.505 e. The fourth-order valence-electron chi connectivity index (χ4n) is 1.17. The second kappa shape index (κ2) is 3.40. The zero-order valence-corrected chi connectivity index (χ0v) is 8.21. The van der Waals surface area contributed by atoms with Crippen molar-refractivity contribution >= 4 is 36.2 Å². The molecule has 0 atom stereocenters. The molecule has 0 unspecified atom stereocenters. The first-order valence-electron chi connectivity index (χ1n) is 3.23. The van der Waals surface area contributed by atoms with Crippen molar-refractivity contribution in [1.82, 2.24) is 0 Å². The van der Waals surface area contributed by atoms with Gasteiger partial charge in [-0.15, -0.1) is 24.8 Å². The van der Waals surface area contributed by atoms with Crippen LogP contribution in [0.1, 0.15) is 11.1 Å². The van der Waals surface area contributed by atoms with Gasteiger partial charge in [-0.3, -0.25) is 0 Å². The minimum absolute atomic E-state index is 0. The lowest BCUT2D eigenvalue weighted by atomic mass is 10.2. The van der Waals surface area contributed by atoms with Crippen LogP contribution >= 0.6 is 24.8 Å². The summed E-state index contributed by atoms with van der Waals surface area (Å²) in [6.45, 7) is 0. The molecule has 74 valence electrons. The Balaban J connectivity index is 0.000000720. The van der Waals surface area contributed by atoms with E-state index in [-0.39, 0.29) is 47.7 Å². The highest BCUT2D eigenvalue weighted by Crippen LogP contribution is 2.50. The van der Waals surface area contributed by atoms with Gasteiger partial charge in [0.1, 0.15) is 22.9 Å². The topological polar surface area (TPSA) is 92.5 Å². The predicted molar refractivity (Wildman–Crippen MR) is 55.9 cm³/mol. The highest BCUT2D eigenvalue weighted by Gasteiger charge is 2.30. The lowest BCUT2D eigenvalue weighted by Crippen LogP contribution is -1.94. The van der Waals surface area contributed by atoms with Crippen LogP contribution in [0.3, 0.4) is 0 Å². The number of halogens is 2. The minimum Gasteiger partial charge on any atom is -0.505 e. The van der Waals surface area contributed by atoms with Crippen molar-refractivity contribution in [3.05, 3.63) is 11.1 Å². The van der Waals surface area contributed by atoms with Crippen LogP contribution in [0.25, 0.3) is 0 Å². The number of nitrogens with two attached hydrogens (primary N) is 2. The van der Waals surface area contributed by atoms with E-state index in [0.717, 1.165) is 0 Å². The lowest BCUT2D eigenvalue weighted by Gasteiger charge is -2.02. The van der Waals surface area contributed by atoms with Crippen molar-refractivity contribution in [1.29, 1.82) is 0 Å². The molecule has 0 heterocycles. The Hall–Kier alpha value is -1.00. The van der Waals surface area contributed by atoms with Crippen LogP contribution in [0.5, 0.6) is 11.5 Å². The maximum atomic E-state index is 9.25. The molecule has 0 saturated carbocycles. The number of phenolic OH excluding ortho intramolecular Hbond substituents is 2. The summed E-state index contributed by atoms with van der Waals surface area (Å²) in [5.41, 5.74) is 12.4. The number of anilines is 2.